The highest BCUT2D eigenvalue weighted by atomic mass is 16.3. The zero-order valence-electron chi connectivity index (χ0n) is 19.3. The van der Waals surface area contributed by atoms with Crippen molar-refractivity contribution < 1.29 is 14.5 Å². The monoisotopic (exact) mass is 458 g/mol. The van der Waals surface area contributed by atoms with Crippen molar-refractivity contribution in [3.05, 3.63) is 108 Å². The number of phenols is 1. The van der Waals surface area contributed by atoms with Crippen LogP contribution in [-0.2, 0) is 6.42 Å². The third-order valence-corrected chi connectivity index (χ3v) is 6.56. The lowest BCUT2D eigenvalue weighted by Gasteiger charge is -2.10. The van der Waals surface area contributed by atoms with Gasteiger partial charge in [-0.15, -0.1) is 0 Å². The summed E-state index contributed by atoms with van der Waals surface area (Å²) in [5.74, 6) is 0.878. The molecule has 0 spiro atoms. The van der Waals surface area contributed by atoms with Gasteiger partial charge in [-0.1, -0.05) is 72.3 Å². The number of hydrogen-bond donors (Lipinski definition) is 2. The number of nitrogens with zero attached hydrogens (tertiary/aromatic N) is 2. The Labute approximate surface area is 203 Å². The molecule has 0 amide bonds. The molecule has 5 heteroatoms. The minimum Gasteiger partial charge on any atom is -0.508 e. The van der Waals surface area contributed by atoms with Crippen LogP contribution in [0.4, 0.5) is 5.82 Å². The molecule has 6 rings (SSSR count). The number of carbonyl (C=O) groups is 1. The van der Waals surface area contributed by atoms with Gasteiger partial charge in [0, 0.05) is 17.5 Å². The minimum absolute atomic E-state index is 0.00973. The van der Waals surface area contributed by atoms with Gasteiger partial charge in [0.2, 0.25) is 0 Å². The summed E-state index contributed by atoms with van der Waals surface area (Å²) >= 11 is 0. The Balaban J connectivity index is 1.51. The number of aryl methyl sites for hydroxylation is 1. The second kappa shape index (κ2) is 8.37. The molecule has 5 nitrogen and oxygen atoms in total. The largest absolute Gasteiger partial charge is 0.508 e. The lowest BCUT2D eigenvalue weighted by Crippen LogP contribution is -2.44. The molecular weight excluding hydrogens is 434 g/mol. The van der Waals surface area contributed by atoms with E-state index in [-0.39, 0.29) is 17.7 Å². The van der Waals surface area contributed by atoms with Crippen LogP contribution < -0.4 is 9.88 Å². The molecule has 170 valence electrons. The van der Waals surface area contributed by atoms with Crippen LogP contribution in [0.15, 0.2) is 97.2 Å². The molecule has 0 bridgehead atoms. The zero-order valence-corrected chi connectivity index (χ0v) is 19.3. The van der Waals surface area contributed by atoms with E-state index < -0.39 is 0 Å². The molecular formula is C30H24N3O2+. The van der Waals surface area contributed by atoms with Crippen molar-refractivity contribution in [2.45, 2.75) is 19.4 Å². The van der Waals surface area contributed by atoms with Gasteiger partial charge in [0.05, 0.1) is 0 Å². The number of carbonyl (C=O) groups excluding carboxylic acids is 1. The predicted octanol–water partition coefficient (Wildman–Crippen LogP) is 5.55. The second-order valence-electron chi connectivity index (χ2n) is 8.99. The van der Waals surface area contributed by atoms with Crippen molar-refractivity contribution in [2.75, 3.05) is 5.32 Å². The highest BCUT2D eigenvalue weighted by Gasteiger charge is 2.41. The van der Waals surface area contributed by atoms with E-state index in [1.165, 1.54) is 5.56 Å². The van der Waals surface area contributed by atoms with Crippen molar-refractivity contribution in [3.63, 3.8) is 0 Å². The lowest BCUT2D eigenvalue weighted by atomic mass is 10.0. The van der Waals surface area contributed by atoms with Crippen LogP contribution in [-0.4, -0.2) is 22.0 Å². The van der Waals surface area contributed by atoms with Gasteiger partial charge in [0.15, 0.2) is 11.7 Å². The molecule has 35 heavy (non-hydrogen) atoms. The van der Waals surface area contributed by atoms with E-state index in [1.807, 2.05) is 36.4 Å². The van der Waals surface area contributed by atoms with Crippen LogP contribution in [0.2, 0.25) is 0 Å². The molecule has 2 N–H and O–H groups in total. The van der Waals surface area contributed by atoms with Crippen molar-refractivity contribution in [1.82, 2.24) is 4.98 Å². The number of aromatic hydroxyl groups is 1. The number of nitrogens with one attached hydrogen (secondary N) is 1. The number of benzene rings is 4. The van der Waals surface area contributed by atoms with E-state index in [4.69, 9.17) is 4.98 Å². The van der Waals surface area contributed by atoms with Crippen LogP contribution in [0.1, 0.15) is 15.9 Å². The van der Waals surface area contributed by atoms with Gasteiger partial charge in [0.25, 0.3) is 0 Å². The summed E-state index contributed by atoms with van der Waals surface area (Å²) in [5, 5.41) is 15.4. The first-order valence-electron chi connectivity index (χ1n) is 11.7. The van der Waals surface area contributed by atoms with E-state index in [1.54, 1.807) is 22.9 Å². The number of anilines is 1. The van der Waals surface area contributed by atoms with Gasteiger partial charge >= 0.3 is 11.7 Å². The molecule has 5 aromatic rings. The normalized spacial score (nSPS) is 14.7. The number of rotatable bonds is 4. The van der Waals surface area contributed by atoms with Crippen molar-refractivity contribution in [2.24, 2.45) is 0 Å². The maximum Gasteiger partial charge on any atom is 0.359 e. The summed E-state index contributed by atoms with van der Waals surface area (Å²) in [7, 11) is 0. The molecule has 1 aromatic heterocycles. The zero-order chi connectivity index (χ0) is 23.9. The highest BCUT2D eigenvalue weighted by Crippen LogP contribution is 2.34. The minimum atomic E-state index is -0.386. The SMILES string of the molecule is Cc1ccc(CC2Nc3c(-c4cccc5ccccc45)nc(-c4ccc(O)cc4)c[n+]3C2=O)cc1. The van der Waals surface area contributed by atoms with Gasteiger partial charge in [-0.05, 0) is 47.5 Å². The molecule has 0 saturated carbocycles. The molecule has 0 fully saturated rings. The Morgan fingerprint density at radius 3 is 2.46 bits per heavy atom. The molecule has 1 unspecified atom stereocenters. The standard InChI is InChI=1S/C30H23N3O2/c1-19-9-11-20(12-10-19)17-26-30(35)33-18-27(22-13-15-23(34)16-14-22)31-28(29(33)32-26)25-8-4-6-21-5-2-3-7-24(21)25/h2-16,18,26,34H,17H2,1H3/p+1. The highest BCUT2D eigenvalue weighted by molar-refractivity contribution is 5.99. The van der Waals surface area contributed by atoms with Gasteiger partial charge in [-0.25, -0.2) is 9.78 Å². The molecule has 4 aromatic carbocycles. The Morgan fingerprint density at radius 1 is 0.914 bits per heavy atom. The smallest absolute Gasteiger partial charge is 0.359 e. The van der Waals surface area contributed by atoms with Crippen LogP contribution in [0, 0.1) is 6.92 Å². The van der Waals surface area contributed by atoms with Crippen molar-refractivity contribution in [3.8, 4) is 28.3 Å². The molecule has 1 atom stereocenters. The summed E-state index contributed by atoms with van der Waals surface area (Å²) in [5.41, 5.74) is 5.49. The van der Waals surface area contributed by atoms with Crippen LogP contribution >= 0.6 is 0 Å². The van der Waals surface area contributed by atoms with E-state index in [0.29, 0.717) is 17.9 Å². The lowest BCUT2D eigenvalue weighted by molar-refractivity contribution is -0.551. The number of hydrogen-bond acceptors (Lipinski definition) is 4. The van der Waals surface area contributed by atoms with E-state index in [2.05, 4.69) is 54.7 Å². The molecule has 0 saturated heterocycles. The predicted molar refractivity (Wildman–Crippen MR) is 137 cm³/mol. The first-order chi connectivity index (χ1) is 17.1. The fraction of sp³-hybridized carbons (Fsp3) is 0.100. The first-order valence-corrected chi connectivity index (χ1v) is 11.7. The van der Waals surface area contributed by atoms with E-state index in [9.17, 15) is 9.90 Å². The summed E-state index contributed by atoms with van der Waals surface area (Å²) in [6.45, 7) is 2.06. The second-order valence-corrected chi connectivity index (χ2v) is 8.99. The maximum absolute atomic E-state index is 13.6. The van der Waals surface area contributed by atoms with E-state index >= 15 is 0 Å². The van der Waals surface area contributed by atoms with Crippen LogP contribution in [0.3, 0.4) is 0 Å². The Morgan fingerprint density at radius 2 is 1.66 bits per heavy atom. The fourth-order valence-electron chi connectivity index (χ4n) is 4.70. The molecule has 2 heterocycles. The van der Waals surface area contributed by atoms with Gasteiger partial charge < -0.3 is 5.11 Å². The Kier molecular flexibility index (Phi) is 5.03. The van der Waals surface area contributed by atoms with Gasteiger partial charge in [0.1, 0.15) is 17.6 Å². The first kappa shape index (κ1) is 21.1. The fourth-order valence-corrected chi connectivity index (χ4v) is 4.70. The number of aromatic nitrogens is 2. The third-order valence-electron chi connectivity index (χ3n) is 6.56. The summed E-state index contributed by atoms with van der Waals surface area (Å²) < 4.78 is 1.70. The van der Waals surface area contributed by atoms with Gasteiger partial charge in [-0.2, -0.15) is 4.57 Å². The van der Waals surface area contributed by atoms with Gasteiger partial charge in [-0.3, -0.25) is 5.32 Å². The summed E-state index contributed by atoms with van der Waals surface area (Å²) in [6, 6.07) is 29.1. The molecule has 1 aliphatic rings. The quantitative estimate of drug-likeness (QED) is 0.347. The van der Waals surface area contributed by atoms with Crippen LogP contribution in [0.25, 0.3) is 33.3 Å². The third kappa shape index (κ3) is 3.81. The van der Waals surface area contributed by atoms with Crippen LogP contribution in [0.5, 0.6) is 5.75 Å². The Hall–Kier alpha value is -4.51. The maximum atomic E-state index is 13.6. The topological polar surface area (TPSA) is 66.1 Å². The summed E-state index contributed by atoms with van der Waals surface area (Å²) in [6.07, 6.45) is 2.38. The van der Waals surface area contributed by atoms with E-state index in [0.717, 1.165) is 33.2 Å². The number of phenolic OH excluding ortho intramolecular Hbond substituents is 1. The molecule has 0 aliphatic carbocycles. The average Bonchev–Trinajstić information content (AvgIpc) is 3.20. The molecule has 1 aliphatic heterocycles. The summed E-state index contributed by atoms with van der Waals surface area (Å²) in [4.78, 5) is 18.6. The van der Waals surface area contributed by atoms with Crippen molar-refractivity contribution in [1.29, 1.82) is 0 Å². The van der Waals surface area contributed by atoms with Crippen molar-refractivity contribution >= 4 is 22.5 Å². The average molecular weight is 459 g/mol. The molecule has 0 radical (unpaired) electrons. The number of fused-ring (bicyclic) bond motifs is 2. The Bertz CT molecular complexity index is 1570.